The van der Waals surface area contributed by atoms with Gasteiger partial charge in [-0.1, -0.05) is 49.7 Å². The molecule has 2 aromatic carbocycles. The number of aromatic hydroxyl groups is 1. The van der Waals surface area contributed by atoms with Gasteiger partial charge in [-0.2, -0.15) is 0 Å². The Balaban J connectivity index is 0.899. The maximum atomic E-state index is 13.3. The van der Waals surface area contributed by atoms with Crippen LogP contribution in [0.1, 0.15) is 77.6 Å². The number of fused-ring (bicyclic) bond motifs is 1. The lowest BCUT2D eigenvalue weighted by Gasteiger charge is -2.47. The van der Waals surface area contributed by atoms with Crippen LogP contribution in [-0.2, 0) is 43.2 Å². The van der Waals surface area contributed by atoms with E-state index in [0.717, 1.165) is 65.6 Å². The molecule has 16 heteroatoms. The molecule has 1 spiro atoms. The molecule has 0 aliphatic carbocycles. The number of aromatic nitrogens is 1. The van der Waals surface area contributed by atoms with Crippen molar-refractivity contribution in [2.24, 2.45) is 0 Å². The highest BCUT2D eigenvalue weighted by atomic mass is 35.5. The molecule has 322 valence electrons. The first-order chi connectivity index (χ1) is 28.6. The summed E-state index contributed by atoms with van der Waals surface area (Å²) in [6.45, 7) is 11.9. The zero-order valence-electron chi connectivity index (χ0n) is 34.6. The van der Waals surface area contributed by atoms with Gasteiger partial charge in [-0.3, -0.25) is 19.3 Å². The van der Waals surface area contributed by atoms with Crippen LogP contribution in [0.25, 0.3) is 0 Å². The Bertz CT molecular complexity index is 1890. The number of rotatable bonds is 20. The van der Waals surface area contributed by atoms with Crippen molar-refractivity contribution >= 4 is 46.3 Å². The maximum Gasteiger partial charge on any atom is 0.273 e. The number of anilines is 1. The minimum atomic E-state index is -0.335. The largest absolute Gasteiger partial charge is 0.506 e. The van der Waals surface area contributed by atoms with E-state index < -0.39 is 0 Å². The van der Waals surface area contributed by atoms with Crippen molar-refractivity contribution in [2.45, 2.75) is 70.4 Å². The highest BCUT2D eigenvalue weighted by Crippen LogP contribution is 2.39. The molecule has 3 amide bonds. The molecule has 3 aliphatic rings. The molecule has 3 aliphatic heterocycles. The number of likely N-dealkylation sites (tertiary alicyclic amines) is 1. The summed E-state index contributed by atoms with van der Waals surface area (Å²) in [6.07, 6.45) is 3.97. The number of nitrogens with zero attached hydrogens (tertiary/aromatic N) is 4. The van der Waals surface area contributed by atoms with Crippen molar-refractivity contribution in [2.75, 3.05) is 97.8 Å². The fourth-order valence-electron chi connectivity index (χ4n) is 7.78. The molecule has 0 atom stereocenters. The molecule has 6 rings (SSSR count). The lowest BCUT2D eigenvalue weighted by molar-refractivity contribution is -0.132. The third-order valence-corrected chi connectivity index (χ3v) is 12.8. The van der Waals surface area contributed by atoms with Gasteiger partial charge in [0.05, 0.1) is 43.4 Å². The van der Waals surface area contributed by atoms with Crippen molar-refractivity contribution in [3.05, 3.63) is 68.1 Å². The first-order valence-corrected chi connectivity index (χ1v) is 22.0. The van der Waals surface area contributed by atoms with E-state index in [9.17, 15) is 19.5 Å². The number of phenolic OH excluding ortho intramolecular Hbond substituents is 1. The second kappa shape index (κ2) is 21.6. The van der Waals surface area contributed by atoms with E-state index in [-0.39, 0.29) is 42.1 Å². The number of morpholine rings is 1. The van der Waals surface area contributed by atoms with Gasteiger partial charge in [-0.05, 0) is 61.4 Å². The van der Waals surface area contributed by atoms with E-state index in [4.69, 9.17) is 30.5 Å². The van der Waals surface area contributed by atoms with Gasteiger partial charge in [0, 0.05) is 75.9 Å². The molecule has 59 heavy (non-hydrogen) atoms. The summed E-state index contributed by atoms with van der Waals surface area (Å²) in [5.41, 5.74) is 3.49. The van der Waals surface area contributed by atoms with Crippen molar-refractivity contribution in [3.63, 3.8) is 0 Å². The van der Waals surface area contributed by atoms with E-state index in [1.165, 1.54) is 0 Å². The summed E-state index contributed by atoms with van der Waals surface area (Å²) < 4.78 is 23.1. The summed E-state index contributed by atoms with van der Waals surface area (Å²) in [4.78, 5) is 49.0. The number of carbonyl (C=O) groups excluding carboxylic acids is 3. The normalized spacial score (nSPS) is 16.6. The van der Waals surface area contributed by atoms with Gasteiger partial charge in [0.1, 0.15) is 17.1 Å². The Morgan fingerprint density at radius 2 is 1.88 bits per heavy atom. The fourth-order valence-corrected chi connectivity index (χ4v) is 8.87. The number of thiazole rings is 1. The molecule has 2 saturated heterocycles. The SMILES string of the molecule is COCCCN(CCNCCc1ccc(O)c2c1OCC(=O)N2)C(=O)CCOCCc1cccc(CN2CCC3(CC2)CN(C(=O)c2csc(C(C)C)n2)CCO3)c1Cl. The number of hydrogen-bond donors (Lipinski definition) is 3. The minimum absolute atomic E-state index is 0.00418. The van der Waals surface area contributed by atoms with Gasteiger partial charge in [0.25, 0.3) is 11.8 Å². The van der Waals surface area contributed by atoms with Gasteiger partial charge >= 0.3 is 0 Å². The molecule has 3 aromatic rings. The maximum absolute atomic E-state index is 13.3. The van der Waals surface area contributed by atoms with Crippen molar-refractivity contribution in [3.8, 4) is 11.5 Å². The van der Waals surface area contributed by atoms with Crippen LogP contribution in [0.15, 0.2) is 35.7 Å². The number of hydrogen-bond acceptors (Lipinski definition) is 12. The minimum Gasteiger partial charge on any atom is -0.506 e. The Kier molecular flexibility index (Phi) is 16.4. The summed E-state index contributed by atoms with van der Waals surface area (Å²) in [5.74, 6) is 0.498. The molecular weight excluding hydrogens is 796 g/mol. The molecule has 1 aromatic heterocycles. The number of phenols is 1. The van der Waals surface area contributed by atoms with E-state index in [2.05, 4.69) is 40.4 Å². The predicted molar refractivity (Wildman–Crippen MR) is 228 cm³/mol. The lowest BCUT2D eigenvalue weighted by Crippen LogP contribution is -2.58. The van der Waals surface area contributed by atoms with Crippen LogP contribution < -0.4 is 15.4 Å². The summed E-state index contributed by atoms with van der Waals surface area (Å²) in [6, 6.07) is 9.50. The zero-order valence-corrected chi connectivity index (χ0v) is 36.1. The number of ether oxygens (including phenoxy) is 4. The molecule has 14 nitrogen and oxygen atoms in total. The third kappa shape index (κ3) is 12.1. The number of carbonyl (C=O) groups is 3. The Morgan fingerprint density at radius 3 is 2.66 bits per heavy atom. The van der Waals surface area contributed by atoms with Crippen LogP contribution in [0.3, 0.4) is 0 Å². The Labute approximate surface area is 356 Å². The fraction of sp³-hybridized carbons (Fsp3) is 0.581. The number of benzene rings is 2. The second-order valence-corrected chi connectivity index (χ2v) is 17.0. The number of halogens is 1. The average Bonchev–Trinajstić information content (AvgIpc) is 3.74. The molecule has 0 bridgehead atoms. The van der Waals surface area contributed by atoms with Crippen LogP contribution in [0.2, 0.25) is 5.02 Å². The van der Waals surface area contributed by atoms with Crippen molar-refractivity contribution in [1.82, 2.24) is 25.0 Å². The van der Waals surface area contributed by atoms with Crippen LogP contribution in [0.4, 0.5) is 5.69 Å². The van der Waals surface area contributed by atoms with E-state index in [1.807, 2.05) is 27.3 Å². The van der Waals surface area contributed by atoms with Gasteiger partial charge in [0.15, 0.2) is 12.4 Å². The van der Waals surface area contributed by atoms with Crippen LogP contribution in [0.5, 0.6) is 11.5 Å². The Hall–Kier alpha value is -3.83. The molecule has 0 unspecified atom stereocenters. The first kappa shape index (κ1) is 44.7. The molecule has 0 saturated carbocycles. The van der Waals surface area contributed by atoms with Gasteiger partial charge in [0.2, 0.25) is 5.91 Å². The molecule has 2 fully saturated rings. The summed E-state index contributed by atoms with van der Waals surface area (Å²) in [5, 5.41) is 19.8. The smallest absolute Gasteiger partial charge is 0.273 e. The summed E-state index contributed by atoms with van der Waals surface area (Å²) in [7, 11) is 1.65. The lowest BCUT2D eigenvalue weighted by atomic mass is 9.89. The molecular formula is C43H59ClN6O8S. The summed E-state index contributed by atoms with van der Waals surface area (Å²) >= 11 is 8.50. The van der Waals surface area contributed by atoms with Crippen LogP contribution in [0, 0.1) is 0 Å². The van der Waals surface area contributed by atoms with Gasteiger partial charge < -0.3 is 44.5 Å². The number of piperidine rings is 1. The monoisotopic (exact) mass is 854 g/mol. The average molecular weight is 855 g/mol. The predicted octanol–water partition coefficient (Wildman–Crippen LogP) is 5.11. The van der Waals surface area contributed by atoms with E-state index >= 15 is 0 Å². The quantitative estimate of drug-likeness (QED) is 0.103. The zero-order chi connectivity index (χ0) is 41.8. The topological polar surface area (TPSA) is 155 Å². The highest BCUT2D eigenvalue weighted by Gasteiger charge is 2.41. The van der Waals surface area contributed by atoms with E-state index in [0.29, 0.717) is 102 Å². The van der Waals surface area contributed by atoms with Crippen molar-refractivity contribution in [1.29, 1.82) is 0 Å². The molecule has 4 heterocycles. The Morgan fingerprint density at radius 1 is 1.07 bits per heavy atom. The number of amides is 3. The molecule has 0 radical (unpaired) electrons. The van der Waals surface area contributed by atoms with Gasteiger partial charge in [-0.25, -0.2) is 4.98 Å². The number of methoxy groups -OCH3 is 1. The first-order valence-electron chi connectivity index (χ1n) is 20.8. The third-order valence-electron chi connectivity index (χ3n) is 11.2. The van der Waals surface area contributed by atoms with E-state index in [1.54, 1.807) is 30.6 Å². The van der Waals surface area contributed by atoms with Crippen LogP contribution in [-0.4, -0.2) is 141 Å². The highest BCUT2D eigenvalue weighted by molar-refractivity contribution is 7.09. The standard InChI is InChI=1S/C43H59ClN6O8S/c1-30(2)41-46-34(28-59-41)42(54)50-21-25-58-43(29-50)13-18-48(19-14-43)26-33-7-4-6-31(38(33)44)11-23-56-24-12-37(53)49(17-5-22-55-3)20-16-45-15-10-32-8-9-35(51)39-40(32)57-27-36(52)47-39/h4,6-9,28,30,45,51H,5,10-27,29H2,1-3H3,(H,47,52). The number of nitrogens with one attached hydrogen (secondary N) is 2. The molecule has 3 N–H and O–H groups in total. The second-order valence-electron chi connectivity index (χ2n) is 15.8. The van der Waals surface area contributed by atoms with Crippen LogP contribution >= 0.6 is 22.9 Å². The van der Waals surface area contributed by atoms with Gasteiger partial charge in [-0.15, -0.1) is 11.3 Å². The van der Waals surface area contributed by atoms with Crippen molar-refractivity contribution < 1.29 is 38.4 Å².